The zero-order valence-corrected chi connectivity index (χ0v) is 11.0. The van der Waals surface area contributed by atoms with E-state index in [9.17, 15) is 8.42 Å². The molecule has 1 fully saturated rings. The highest BCUT2D eigenvalue weighted by atomic mass is 32.2. The summed E-state index contributed by atoms with van der Waals surface area (Å²) in [5.74, 6) is 0.198. The predicted molar refractivity (Wildman–Crippen MR) is 67.0 cm³/mol. The molecule has 0 unspecified atom stereocenters. The summed E-state index contributed by atoms with van der Waals surface area (Å²) in [6.07, 6.45) is 6.60. The van der Waals surface area contributed by atoms with Crippen LogP contribution in [-0.2, 0) is 10.0 Å². The topological polar surface area (TPSA) is 58.2 Å². The summed E-state index contributed by atoms with van der Waals surface area (Å²) in [7, 11) is -3.07. The SMILES string of the molecule is CCCNCCS(=O)(=O)NC1CCCCC1. The third kappa shape index (κ3) is 5.82. The summed E-state index contributed by atoms with van der Waals surface area (Å²) in [4.78, 5) is 0. The summed E-state index contributed by atoms with van der Waals surface area (Å²) < 4.78 is 26.2. The number of rotatable bonds is 7. The first kappa shape index (κ1) is 13.9. The van der Waals surface area contributed by atoms with E-state index in [1.54, 1.807) is 0 Å². The van der Waals surface area contributed by atoms with E-state index in [0.717, 1.165) is 38.6 Å². The van der Waals surface area contributed by atoms with Gasteiger partial charge in [0.25, 0.3) is 0 Å². The number of hydrogen-bond acceptors (Lipinski definition) is 3. The van der Waals surface area contributed by atoms with Gasteiger partial charge < -0.3 is 5.32 Å². The summed E-state index contributed by atoms with van der Waals surface area (Å²) in [5.41, 5.74) is 0. The van der Waals surface area contributed by atoms with Gasteiger partial charge in [0.15, 0.2) is 0 Å². The van der Waals surface area contributed by atoms with E-state index < -0.39 is 10.0 Å². The van der Waals surface area contributed by atoms with Crippen molar-refractivity contribution in [2.24, 2.45) is 0 Å². The van der Waals surface area contributed by atoms with E-state index in [1.807, 2.05) is 0 Å². The lowest BCUT2D eigenvalue weighted by Crippen LogP contribution is -2.39. The van der Waals surface area contributed by atoms with Crippen molar-refractivity contribution in [1.82, 2.24) is 10.0 Å². The van der Waals surface area contributed by atoms with Crippen LogP contribution in [0.2, 0.25) is 0 Å². The molecule has 5 heteroatoms. The van der Waals surface area contributed by atoms with Crippen molar-refractivity contribution in [2.45, 2.75) is 51.5 Å². The van der Waals surface area contributed by atoms with Crippen LogP contribution in [0, 0.1) is 0 Å². The molecular weight excluding hydrogens is 224 g/mol. The molecule has 4 nitrogen and oxygen atoms in total. The molecular formula is C11H24N2O2S. The molecule has 0 aromatic rings. The van der Waals surface area contributed by atoms with E-state index in [0.29, 0.717) is 6.54 Å². The Hall–Kier alpha value is -0.130. The van der Waals surface area contributed by atoms with Gasteiger partial charge >= 0.3 is 0 Å². The van der Waals surface area contributed by atoms with Crippen molar-refractivity contribution < 1.29 is 8.42 Å². The van der Waals surface area contributed by atoms with Crippen molar-refractivity contribution in [3.05, 3.63) is 0 Å². The van der Waals surface area contributed by atoms with Gasteiger partial charge in [0.2, 0.25) is 10.0 Å². The lowest BCUT2D eigenvalue weighted by atomic mass is 9.96. The average molecular weight is 248 g/mol. The Bertz CT molecular complexity index is 272. The van der Waals surface area contributed by atoms with Gasteiger partial charge in [-0.3, -0.25) is 0 Å². The summed E-state index contributed by atoms with van der Waals surface area (Å²) in [6.45, 7) is 3.51. The Labute approximate surface area is 99.2 Å². The molecule has 0 aromatic heterocycles. The maximum absolute atomic E-state index is 11.7. The highest BCUT2D eigenvalue weighted by molar-refractivity contribution is 7.89. The zero-order valence-electron chi connectivity index (χ0n) is 10.2. The first-order chi connectivity index (χ1) is 7.64. The molecule has 0 aliphatic heterocycles. The second-order valence-corrected chi connectivity index (χ2v) is 6.40. The third-order valence-electron chi connectivity index (χ3n) is 2.93. The van der Waals surface area contributed by atoms with Gasteiger partial charge in [0, 0.05) is 12.6 Å². The van der Waals surface area contributed by atoms with Crippen LogP contribution in [0.25, 0.3) is 0 Å². The molecule has 0 aromatic carbocycles. The predicted octanol–water partition coefficient (Wildman–Crippen LogP) is 1.24. The van der Waals surface area contributed by atoms with E-state index in [2.05, 4.69) is 17.0 Å². The summed E-state index contributed by atoms with van der Waals surface area (Å²) in [5, 5.41) is 3.11. The van der Waals surface area contributed by atoms with Crippen molar-refractivity contribution >= 4 is 10.0 Å². The van der Waals surface area contributed by atoms with Gasteiger partial charge in [-0.15, -0.1) is 0 Å². The highest BCUT2D eigenvalue weighted by Gasteiger charge is 2.19. The summed E-state index contributed by atoms with van der Waals surface area (Å²) >= 11 is 0. The molecule has 1 rings (SSSR count). The lowest BCUT2D eigenvalue weighted by molar-refractivity contribution is 0.412. The fourth-order valence-electron chi connectivity index (χ4n) is 2.04. The molecule has 1 aliphatic carbocycles. The maximum atomic E-state index is 11.7. The normalized spacial score (nSPS) is 18.8. The van der Waals surface area contributed by atoms with Crippen LogP contribution < -0.4 is 10.0 Å². The van der Waals surface area contributed by atoms with Gasteiger partial charge in [0.05, 0.1) is 5.75 Å². The van der Waals surface area contributed by atoms with Crippen molar-refractivity contribution in [2.75, 3.05) is 18.8 Å². The molecule has 96 valence electrons. The van der Waals surface area contributed by atoms with Crippen molar-refractivity contribution in [3.63, 3.8) is 0 Å². The van der Waals surface area contributed by atoms with Crippen LogP contribution in [0.1, 0.15) is 45.4 Å². The largest absolute Gasteiger partial charge is 0.316 e. The first-order valence-electron chi connectivity index (χ1n) is 6.35. The Morgan fingerprint density at radius 2 is 1.81 bits per heavy atom. The summed E-state index contributed by atoms with van der Waals surface area (Å²) in [6, 6.07) is 0.185. The van der Waals surface area contributed by atoms with Crippen LogP contribution in [0.4, 0.5) is 0 Å². The maximum Gasteiger partial charge on any atom is 0.213 e. The molecule has 0 radical (unpaired) electrons. The molecule has 0 spiro atoms. The smallest absolute Gasteiger partial charge is 0.213 e. The van der Waals surface area contributed by atoms with E-state index in [1.165, 1.54) is 6.42 Å². The highest BCUT2D eigenvalue weighted by Crippen LogP contribution is 2.17. The minimum absolute atomic E-state index is 0.185. The second-order valence-electron chi connectivity index (χ2n) is 4.52. The number of sulfonamides is 1. The quantitative estimate of drug-likeness (QED) is 0.666. The number of hydrogen-bond donors (Lipinski definition) is 2. The molecule has 2 N–H and O–H groups in total. The molecule has 16 heavy (non-hydrogen) atoms. The Balaban J connectivity index is 2.22. The standard InChI is InChI=1S/C11H24N2O2S/c1-2-8-12-9-10-16(14,15)13-11-6-4-3-5-7-11/h11-13H,2-10H2,1H3. The molecule has 1 aliphatic rings. The van der Waals surface area contributed by atoms with Crippen LogP contribution >= 0.6 is 0 Å². The average Bonchev–Trinajstić information content (AvgIpc) is 2.25. The Kier molecular flexibility index (Phi) is 6.31. The van der Waals surface area contributed by atoms with Gasteiger partial charge in [-0.05, 0) is 25.8 Å². The Morgan fingerprint density at radius 1 is 1.12 bits per heavy atom. The van der Waals surface area contributed by atoms with E-state index in [-0.39, 0.29) is 11.8 Å². The monoisotopic (exact) mass is 248 g/mol. The molecule has 1 saturated carbocycles. The fourth-order valence-corrected chi connectivity index (χ4v) is 3.32. The van der Waals surface area contributed by atoms with Crippen LogP contribution in [0.3, 0.4) is 0 Å². The lowest BCUT2D eigenvalue weighted by Gasteiger charge is -2.22. The second kappa shape index (κ2) is 7.25. The molecule has 0 bridgehead atoms. The first-order valence-corrected chi connectivity index (χ1v) is 8.00. The minimum atomic E-state index is -3.07. The molecule has 0 heterocycles. The van der Waals surface area contributed by atoms with Gasteiger partial charge in [0.1, 0.15) is 0 Å². The van der Waals surface area contributed by atoms with E-state index in [4.69, 9.17) is 0 Å². The van der Waals surface area contributed by atoms with Gasteiger partial charge in [-0.25, -0.2) is 13.1 Å². The fraction of sp³-hybridized carbons (Fsp3) is 1.00. The third-order valence-corrected chi connectivity index (χ3v) is 4.36. The van der Waals surface area contributed by atoms with E-state index >= 15 is 0 Å². The Morgan fingerprint density at radius 3 is 2.44 bits per heavy atom. The van der Waals surface area contributed by atoms with Crippen molar-refractivity contribution in [3.8, 4) is 0 Å². The number of nitrogens with one attached hydrogen (secondary N) is 2. The minimum Gasteiger partial charge on any atom is -0.316 e. The van der Waals surface area contributed by atoms with Crippen LogP contribution in [0.15, 0.2) is 0 Å². The van der Waals surface area contributed by atoms with Gasteiger partial charge in [-0.2, -0.15) is 0 Å². The van der Waals surface area contributed by atoms with Crippen LogP contribution in [0.5, 0.6) is 0 Å². The van der Waals surface area contributed by atoms with Crippen molar-refractivity contribution in [1.29, 1.82) is 0 Å². The van der Waals surface area contributed by atoms with Gasteiger partial charge in [-0.1, -0.05) is 26.2 Å². The molecule has 0 atom stereocenters. The van der Waals surface area contributed by atoms with Crippen LogP contribution in [-0.4, -0.2) is 33.3 Å². The molecule has 0 saturated heterocycles. The molecule has 0 amide bonds. The zero-order chi connectivity index (χ0) is 11.9.